The van der Waals surface area contributed by atoms with Crippen LogP contribution in [0.3, 0.4) is 0 Å². The molecule has 1 aromatic rings. The van der Waals surface area contributed by atoms with Crippen LogP contribution in [0.15, 0.2) is 12.4 Å². The van der Waals surface area contributed by atoms with Gasteiger partial charge in [-0.3, -0.25) is 4.90 Å². The van der Waals surface area contributed by atoms with Crippen molar-refractivity contribution >= 4 is 0 Å². The maximum Gasteiger partial charge on any atom is 0.123 e. The van der Waals surface area contributed by atoms with Crippen LogP contribution >= 0.6 is 0 Å². The average Bonchev–Trinajstić information content (AvgIpc) is 3.09. The summed E-state index contributed by atoms with van der Waals surface area (Å²) in [7, 11) is 0. The van der Waals surface area contributed by atoms with Gasteiger partial charge in [0.1, 0.15) is 5.82 Å². The molecule has 1 aromatic heterocycles. The van der Waals surface area contributed by atoms with Gasteiger partial charge in [0.2, 0.25) is 0 Å². The van der Waals surface area contributed by atoms with Gasteiger partial charge >= 0.3 is 0 Å². The highest BCUT2D eigenvalue weighted by molar-refractivity contribution is 4.97. The van der Waals surface area contributed by atoms with E-state index in [0.717, 1.165) is 32.7 Å². The van der Waals surface area contributed by atoms with Gasteiger partial charge in [0.25, 0.3) is 0 Å². The van der Waals surface area contributed by atoms with E-state index in [-0.39, 0.29) is 6.10 Å². The number of nitrogens with two attached hydrogens (primary N) is 1. The van der Waals surface area contributed by atoms with Gasteiger partial charge in [0.05, 0.1) is 19.3 Å². The SMILES string of the molecule is CC(C)n1ccnc1CN1CCC2(CC1)COC(CN)C2. The summed E-state index contributed by atoms with van der Waals surface area (Å²) >= 11 is 0. The second-order valence-corrected chi connectivity index (χ2v) is 6.99. The number of hydrogen-bond donors (Lipinski definition) is 1. The van der Waals surface area contributed by atoms with E-state index in [1.807, 2.05) is 6.20 Å². The zero-order chi connectivity index (χ0) is 14.9. The molecule has 5 heteroatoms. The highest BCUT2D eigenvalue weighted by atomic mass is 16.5. The van der Waals surface area contributed by atoms with Crippen LogP contribution in [0.5, 0.6) is 0 Å². The summed E-state index contributed by atoms with van der Waals surface area (Å²) in [6, 6.07) is 0.479. The number of piperidine rings is 1. The minimum atomic E-state index is 0.288. The predicted octanol–water partition coefficient (Wildman–Crippen LogP) is 1.79. The van der Waals surface area contributed by atoms with Crippen molar-refractivity contribution in [2.45, 2.75) is 51.8 Å². The highest BCUT2D eigenvalue weighted by Crippen LogP contribution is 2.41. The summed E-state index contributed by atoms with van der Waals surface area (Å²) in [5.41, 5.74) is 6.14. The first-order chi connectivity index (χ1) is 10.1. The highest BCUT2D eigenvalue weighted by Gasteiger charge is 2.41. The van der Waals surface area contributed by atoms with E-state index in [1.54, 1.807) is 0 Å². The molecule has 0 aliphatic carbocycles. The van der Waals surface area contributed by atoms with E-state index in [9.17, 15) is 0 Å². The molecule has 2 N–H and O–H groups in total. The van der Waals surface area contributed by atoms with Crippen molar-refractivity contribution in [1.29, 1.82) is 0 Å². The van der Waals surface area contributed by atoms with E-state index in [1.165, 1.54) is 18.7 Å². The van der Waals surface area contributed by atoms with E-state index in [2.05, 4.69) is 34.5 Å². The number of nitrogens with zero attached hydrogens (tertiary/aromatic N) is 3. The lowest BCUT2D eigenvalue weighted by Crippen LogP contribution is -2.40. The van der Waals surface area contributed by atoms with Crippen molar-refractivity contribution in [3.05, 3.63) is 18.2 Å². The molecule has 0 bridgehead atoms. The van der Waals surface area contributed by atoms with Gasteiger partial charge in [-0.2, -0.15) is 0 Å². The molecule has 3 heterocycles. The fraction of sp³-hybridized carbons (Fsp3) is 0.812. The van der Waals surface area contributed by atoms with Gasteiger partial charge in [-0.25, -0.2) is 4.98 Å². The maximum absolute atomic E-state index is 5.83. The van der Waals surface area contributed by atoms with Gasteiger partial charge in [-0.05, 0) is 51.6 Å². The van der Waals surface area contributed by atoms with Crippen LogP contribution in [0.1, 0.15) is 45.0 Å². The molecule has 0 amide bonds. The van der Waals surface area contributed by atoms with Crippen LogP contribution in [0.2, 0.25) is 0 Å². The Bertz CT molecular complexity index is 463. The third-order valence-corrected chi connectivity index (χ3v) is 5.14. The zero-order valence-electron chi connectivity index (χ0n) is 13.3. The quantitative estimate of drug-likeness (QED) is 0.919. The molecule has 1 unspecified atom stereocenters. The Morgan fingerprint density at radius 2 is 2.19 bits per heavy atom. The van der Waals surface area contributed by atoms with Gasteiger partial charge < -0.3 is 15.0 Å². The third-order valence-electron chi connectivity index (χ3n) is 5.14. The first kappa shape index (κ1) is 15.0. The van der Waals surface area contributed by atoms with Gasteiger partial charge in [0.15, 0.2) is 0 Å². The predicted molar refractivity (Wildman–Crippen MR) is 83.0 cm³/mol. The van der Waals surface area contributed by atoms with E-state index >= 15 is 0 Å². The van der Waals surface area contributed by atoms with Gasteiger partial charge in [0, 0.05) is 25.0 Å². The lowest BCUT2D eigenvalue weighted by Gasteiger charge is -2.38. The lowest BCUT2D eigenvalue weighted by molar-refractivity contribution is 0.0636. The number of hydrogen-bond acceptors (Lipinski definition) is 4. The van der Waals surface area contributed by atoms with Gasteiger partial charge in [-0.1, -0.05) is 0 Å². The minimum absolute atomic E-state index is 0.288. The normalized spacial score (nSPS) is 26.0. The topological polar surface area (TPSA) is 56.3 Å². The van der Waals surface area contributed by atoms with Crippen LogP contribution in [0.25, 0.3) is 0 Å². The molecule has 1 atom stereocenters. The van der Waals surface area contributed by atoms with E-state index in [4.69, 9.17) is 10.5 Å². The molecule has 2 saturated heterocycles. The van der Waals surface area contributed by atoms with Crippen molar-refractivity contribution in [3.8, 4) is 0 Å². The molecule has 2 aliphatic heterocycles. The second-order valence-electron chi connectivity index (χ2n) is 6.99. The van der Waals surface area contributed by atoms with Crippen molar-refractivity contribution in [2.24, 2.45) is 11.1 Å². The number of ether oxygens (including phenoxy) is 1. The van der Waals surface area contributed by atoms with Crippen LogP contribution in [-0.2, 0) is 11.3 Å². The molecule has 1 spiro atoms. The number of imidazole rings is 1. The Labute approximate surface area is 127 Å². The van der Waals surface area contributed by atoms with Gasteiger partial charge in [-0.15, -0.1) is 0 Å². The Balaban J connectivity index is 1.55. The molecule has 5 nitrogen and oxygen atoms in total. The second kappa shape index (κ2) is 6.07. The van der Waals surface area contributed by atoms with Crippen LogP contribution in [-0.4, -0.2) is 46.8 Å². The summed E-state index contributed by atoms with van der Waals surface area (Å²) < 4.78 is 8.10. The Hall–Kier alpha value is -0.910. The van der Waals surface area contributed by atoms with E-state index in [0.29, 0.717) is 18.0 Å². The number of likely N-dealkylation sites (tertiary alicyclic amines) is 1. The Morgan fingerprint density at radius 1 is 1.43 bits per heavy atom. The summed E-state index contributed by atoms with van der Waals surface area (Å²) in [6.07, 6.45) is 7.89. The zero-order valence-corrected chi connectivity index (χ0v) is 13.3. The molecule has 2 aliphatic rings. The molecule has 0 saturated carbocycles. The molecule has 0 aromatic carbocycles. The molecule has 3 rings (SSSR count). The molecular formula is C16H28N4O. The van der Waals surface area contributed by atoms with Crippen molar-refractivity contribution in [2.75, 3.05) is 26.2 Å². The minimum Gasteiger partial charge on any atom is -0.376 e. The Morgan fingerprint density at radius 3 is 2.81 bits per heavy atom. The first-order valence-corrected chi connectivity index (χ1v) is 8.18. The fourth-order valence-electron chi connectivity index (χ4n) is 3.72. The maximum atomic E-state index is 5.83. The standard InChI is InChI=1S/C16H28N4O/c1-13(2)20-8-5-18-15(20)11-19-6-3-16(4-7-19)9-14(10-17)21-12-16/h5,8,13-14H,3-4,6-7,9-12,17H2,1-2H3. The molecule has 21 heavy (non-hydrogen) atoms. The fourth-order valence-corrected chi connectivity index (χ4v) is 3.72. The van der Waals surface area contributed by atoms with Crippen LogP contribution in [0.4, 0.5) is 0 Å². The molecule has 2 fully saturated rings. The largest absolute Gasteiger partial charge is 0.376 e. The summed E-state index contributed by atoms with van der Waals surface area (Å²) in [6.45, 7) is 9.23. The van der Waals surface area contributed by atoms with Crippen molar-refractivity contribution < 1.29 is 4.74 Å². The summed E-state index contributed by atoms with van der Waals surface area (Å²) in [4.78, 5) is 7.06. The Kier molecular flexibility index (Phi) is 4.33. The smallest absolute Gasteiger partial charge is 0.123 e. The summed E-state index contributed by atoms with van der Waals surface area (Å²) in [5.74, 6) is 1.18. The van der Waals surface area contributed by atoms with Crippen molar-refractivity contribution in [1.82, 2.24) is 14.5 Å². The molecule has 0 radical (unpaired) electrons. The third kappa shape index (κ3) is 3.15. The van der Waals surface area contributed by atoms with Crippen LogP contribution in [0, 0.1) is 5.41 Å². The molecular weight excluding hydrogens is 264 g/mol. The first-order valence-electron chi connectivity index (χ1n) is 8.18. The van der Waals surface area contributed by atoms with Crippen LogP contribution < -0.4 is 5.73 Å². The number of aromatic nitrogens is 2. The lowest BCUT2D eigenvalue weighted by atomic mass is 9.76. The number of rotatable bonds is 4. The molecule has 118 valence electrons. The average molecular weight is 292 g/mol. The summed E-state index contributed by atoms with van der Waals surface area (Å²) in [5, 5.41) is 0. The monoisotopic (exact) mass is 292 g/mol. The van der Waals surface area contributed by atoms with E-state index < -0.39 is 0 Å². The van der Waals surface area contributed by atoms with Crippen molar-refractivity contribution in [3.63, 3.8) is 0 Å².